The molecule has 0 aliphatic heterocycles. The van der Waals surface area contributed by atoms with E-state index in [-0.39, 0.29) is 22.1 Å². The fourth-order valence-corrected chi connectivity index (χ4v) is 2.28. The van der Waals surface area contributed by atoms with E-state index in [1.165, 1.54) is 29.1 Å². The molecule has 0 atom stereocenters. The molecule has 0 aliphatic rings. The summed E-state index contributed by atoms with van der Waals surface area (Å²) in [6, 6.07) is 3.94. The van der Waals surface area contributed by atoms with Crippen LogP contribution in [0.4, 0.5) is 4.39 Å². The molecule has 0 spiro atoms. The molecule has 0 N–H and O–H groups in total. The summed E-state index contributed by atoms with van der Waals surface area (Å²) >= 11 is 9.17. The Hall–Kier alpha value is -1.20. The first-order valence-corrected chi connectivity index (χ1v) is 6.42. The summed E-state index contributed by atoms with van der Waals surface area (Å²) in [5.74, 6) is -0.828. The predicted octanol–water partition coefficient (Wildman–Crippen LogP) is 3.69. The maximum absolute atomic E-state index is 13.2. The van der Waals surface area contributed by atoms with Crippen molar-refractivity contribution in [2.45, 2.75) is 13.5 Å². The molecule has 3 nitrogen and oxygen atoms in total. The van der Waals surface area contributed by atoms with Crippen molar-refractivity contribution in [1.82, 2.24) is 9.78 Å². The van der Waals surface area contributed by atoms with Crippen LogP contribution in [0.25, 0.3) is 0 Å². The molecule has 0 unspecified atom stereocenters. The summed E-state index contributed by atoms with van der Waals surface area (Å²) < 4.78 is 15.2. The molecule has 1 heterocycles. The Morgan fingerprint density at radius 1 is 1.56 bits per heavy atom. The number of hydrogen-bond acceptors (Lipinski definition) is 2. The highest BCUT2D eigenvalue weighted by Crippen LogP contribution is 2.24. The van der Waals surface area contributed by atoms with Gasteiger partial charge in [-0.25, -0.2) is 4.39 Å². The predicted molar refractivity (Wildman–Crippen MR) is 70.4 cm³/mol. The van der Waals surface area contributed by atoms with E-state index in [2.05, 4.69) is 21.0 Å². The topological polar surface area (TPSA) is 34.9 Å². The number of aromatic nitrogens is 2. The zero-order valence-corrected chi connectivity index (χ0v) is 11.8. The zero-order valence-electron chi connectivity index (χ0n) is 9.45. The number of carbonyl (C=O) groups excluding carboxylic acids is 1. The third-order valence-corrected chi connectivity index (χ3v) is 3.45. The molecule has 0 saturated heterocycles. The van der Waals surface area contributed by atoms with E-state index < -0.39 is 5.82 Å². The van der Waals surface area contributed by atoms with Crippen LogP contribution in [0, 0.1) is 5.82 Å². The number of hydrogen-bond donors (Lipinski definition) is 0. The Morgan fingerprint density at radius 2 is 2.28 bits per heavy atom. The van der Waals surface area contributed by atoms with Crippen LogP contribution in [-0.2, 0) is 6.54 Å². The van der Waals surface area contributed by atoms with Crippen LogP contribution in [0.3, 0.4) is 0 Å². The highest BCUT2D eigenvalue weighted by Gasteiger charge is 2.21. The SMILES string of the molecule is CCn1ncc(Cl)c1C(=O)c1cc(F)ccc1Br. The van der Waals surface area contributed by atoms with Crippen LogP contribution < -0.4 is 0 Å². The average molecular weight is 332 g/mol. The molecule has 1 aromatic carbocycles. The minimum Gasteiger partial charge on any atom is -0.287 e. The molecule has 94 valence electrons. The lowest BCUT2D eigenvalue weighted by molar-refractivity contribution is 0.102. The number of ketones is 1. The van der Waals surface area contributed by atoms with Crippen LogP contribution in [0.1, 0.15) is 23.0 Å². The van der Waals surface area contributed by atoms with E-state index in [1.54, 1.807) is 0 Å². The molecule has 2 rings (SSSR count). The quantitative estimate of drug-likeness (QED) is 0.804. The van der Waals surface area contributed by atoms with E-state index in [1.807, 2.05) is 6.92 Å². The van der Waals surface area contributed by atoms with Gasteiger partial charge in [0.1, 0.15) is 11.5 Å². The average Bonchev–Trinajstić information content (AvgIpc) is 2.72. The van der Waals surface area contributed by atoms with Gasteiger partial charge in [0, 0.05) is 16.6 Å². The maximum atomic E-state index is 13.2. The molecule has 0 radical (unpaired) electrons. The van der Waals surface area contributed by atoms with Crippen molar-refractivity contribution in [2.75, 3.05) is 0 Å². The van der Waals surface area contributed by atoms with Crippen LogP contribution in [0.15, 0.2) is 28.9 Å². The van der Waals surface area contributed by atoms with Gasteiger partial charge in [-0.3, -0.25) is 9.48 Å². The Balaban J connectivity index is 2.54. The summed E-state index contributed by atoms with van der Waals surface area (Å²) in [4.78, 5) is 12.3. The number of benzene rings is 1. The highest BCUT2D eigenvalue weighted by atomic mass is 79.9. The third kappa shape index (κ3) is 2.33. The van der Waals surface area contributed by atoms with E-state index in [0.29, 0.717) is 11.0 Å². The Kier molecular flexibility index (Phi) is 3.82. The smallest absolute Gasteiger partial charge is 0.213 e. The number of rotatable bonds is 3. The first kappa shape index (κ1) is 13.2. The highest BCUT2D eigenvalue weighted by molar-refractivity contribution is 9.10. The minimum atomic E-state index is -0.472. The van der Waals surface area contributed by atoms with Gasteiger partial charge in [-0.05, 0) is 25.1 Å². The molecular formula is C12H9BrClFN2O. The summed E-state index contributed by atoms with van der Waals surface area (Å²) in [5, 5.41) is 4.25. The Bertz CT molecular complexity index is 612. The standard InChI is InChI=1S/C12H9BrClFN2O/c1-2-17-11(10(14)6-16-17)12(18)8-5-7(15)3-4-9(8)13/h3-6H,2H2,1H3. The number of carbonyl (C=O) groups is 1. The molecule has 2 aromatic rings. The van der Waals surface area contributed by atoms with E-state index in [9.17, 15) is 9.18 Å². The first-order chi connectivity index (χ1) is 8.54. The van der Waals surface area contributed by atoms with Crippen LogP contribution in [-0.4, -0.2) is 15.6 Å². The largest absolute Gasteiger partial charge is 0.287 e. The zero-order chi connectivity index (χ0) is 13.3. The summed E-state index contributed by atoms with van der Waals surface area (Å²) in [7, 11) is 0. The van der Waals surface area contributed by atoms with Crippen LogP contribution >= 0.6 is 27.5 Å². The fourth-order valence-electron chi connectivity index (χ4n) is 1.63. The summed E-state index contributed by atoms with van der Waals surface area (Å²) in [5.41, 5.74) is 0.498. The van der Waals surface area contributed by atoms with Crippen LogP contribution in [0.2, 0.25) is 5.02 Å². The van der Waals surface area contributed by atoms with Gasteiger partial charge in [0.05, 0.1) is 11.2 Å². The summed E-state index contributed by atoms with van der Waals surface area (Å²) in [6.45, 7) is 2.36. The molecule has 0 bridgehead atoms. The molecule has 0 aliphatic carbocycles. The second kappa shape index (κ2) is 5.20. The van der Waals surface area contributed by atoms with Crippen molar-refractivity contribution in [1.29, 1.82) is 0 Å². The van der Waals surface area contributed by atoms with Crippen molar-refractivity contribution in [2.24, 2.45) is 0 Å². The molecule has 1 aromatic heterocycles. The van der Waals surface area contributed by atoms with Crippen LogP contribution in [0.5, 0.6) is 0 Å². The van der Waals surface area contributed by atoms with Crippen molar-refractivity contribution in [3.05, 3.63) is 51.0 Å². The van der Waals surface area contributed by atoms with Gasteiger partial charge < -0.3 is 0 Å². The lowest BCUT2D eigenvalue weighted by Gasteiger charge is -2.06. The van der Waals surface area contributed by atoms with Gasteiger partial charge in [0.25, 0.3) is 0 Å². The summed E-state index contributed by atoms with van der Waals surface area (Å²) in [6.07, 6.45) is 1.41. The first-order valence-electron chi connectivity index (χ1n) is 5.25. The van der Waals surface area contributed by atoms with Crippen molar-refractivity contribution < 1.29 is 9.18 Å². The lowest BCUT2D eigenvalue weighted by Crippen LogP contribution is -2.12. The van der Waals surface area contributed by atoms with Gasteiger partial charge in [0.15, 0.2) is 0 Å². The van der Waals surface area contributed by atoms with E-state index in [4.69, 9.17) is 11.6 Å². The van der Waals surface area contributed by atoms with Gasteiger partial charge in [-0.15, -0.1) is 0 Å². The molecule has 18 heavy (non-hydrogen) atoms. The minimum absolute atomic E-state index is 0.229. The van der Waals surface area contributed by atoms with Crippen molar-refractivity contribution in [3.63, 3.8) is 0 Å². The molecular weight excluding hydrogens is 322 g/mol. The number of halogens is 3. The van der Waals surface area contributed by atoms with Gasteiger partial charge in [-0.1, -0.05) is 27.5 Å². The lowest BCUT2D eigenvalue weighted by atomic mass is 10.1. The molecule has 6 heteroatoms. The number of nitrogens with zero attached hydrogens (tertiary/aromatic N) is 2. The van der Waals surface area contributed by atoms with Gasteiger partial charge in [-0.2, -0.15) is 5.10 Å². The maximum Gasteiger partial charge on any atom is 0.213 e. The van der Waals surface area contributed by atoms with Gasteiger partial charge >= 0.3 is 0 Å². The Labute approximate surface area is 117 Å². The molecule has 0 amide bonds. The van der Waals surface area contributed by atoms with Crippen molar-refractivity contribution in [3.8, 4) is 0 Å². The van der Waals surface area contributed by atoms with Crippen molar-refractivity contribution >= 4 is 33.3 Å². The van der Waals surface area contributed by atoms with Gasteiger partial charge in [0.2, 0.25) is 5.78 Å². The normalized spacial score (nSPS) is 10.7. The molecule has 0 saturated carbocycles. The fraction of sp³-hybridized carbons (Fsp3) is 0.167. The Morgan fingerprint density at radius 3 is 2.94 bits per heavy atom. The monoisotopic (exact) mass is 330 g/mol. The second-order valence-corrected chi connectivity index (χ2v) is 4.87. The third-order valence-electron chi connectivity index (χ3n) is 2.48. The number of aryl methyl sites for hydroxylation is 1. The van der Waals surface area contributed by atoms with E-state index in [0.717, 1.165) is 0 Å². The second-order valence-electron chi connectivity index (χ2n) is 3.61. The molecule has 0 fully saturated rings. The van der Waals surface area contributed by atoms with E-state index >= 15 is 0 Å².